The molecule has 0 amide bonds. The third-order valence-corrected chi connectivity index (χ3v) is 2.50. The van der Waals surface area contributed by atoms with Crippen molar-refractivity contribution >= 4 is 0 Å². The summed E-state index contributed by atoms with van der Waals surface area (Å²) in [5, 5.41) is 0. The number of alkyl halides is 2. The minimum atomic E-state index is -2.89. The topological polar surface area (TPSA) is 38.9 Å². The van der Waals surface area contributed by atoms with E-state index in [-0.39, 0.29) is 5.69 Å². The molecule has 0 saturated heterocycles. The molecule has 0 radical (unpaired) electrons. The summed E-state index contributed by atoms with van der Waals surface area (Å²) in [6, 6.07) is 4.62. The second-order valence-corrected chi connectivity index (χ2v) is 3.95. The molecule has 0 unspecified atom stereocenters. The summed E-state index contributed by atoms with van der Waals surface area (Å²) in [7, 11) is 0. The fourth-order valence-corrected chi connectivity index (χ4v) is 1.35. The Kier molecular flexibility index (Phi) is 1.86. The Morgan fingerprint density at radius 2 is 2.07 bits per heavy atom. The maximum Gasteiger partial charge on any atom is 0.286 e. The minimum absolute atomic E-state index is 0.202. The van der Waals surface area contributed by atoms with Crippen LogP contribution in [0.4, 0.5) is 8.78 Å². The molecule has 1 aromatic heterocycles. The van der Waals surface area contributed by atoms with Crippen molar-refractivity contribution in [3.05, 3.63) is 29.6 Å². The Morgan fingerprint density at radius 1 is 1.43 bits per heavy atom. The lowest BCUT2D eigenvalue weighted by atomic mass is 10.1. The molecule has 0 bridgehead atoms. The average Bonchev–Trinajstić information content (AvgIpc) is 2.84. The molecule has 1 fully saturated rings. The Morgan fingerprint density at radius 3 is 2.57 bits per heavy atom. The van der Waals surface area contributed by atoms with Gasteiger partial charge in [0.2, 0.25) is 0 Å². The third kappa shape index (κ3) is 1.62. The lowest BCUT2D eigenvalue weighted by Crippen LogP contribution is -2.22. The highest BCUT2D eigenvalue weighted by Gasteiger charge is 2.42. The molecule has 0 aliphatic heterocycles. The molecule has 14 heavy (non-hydrogen) atoms. The number of hydrogen-bond acceptors (Lipinski definition) is 2. The van der Waals surface area contributed by atoms with Crippen LogP contribution in [0.2, 0.25) is 0 Å². The lowest BCUT2D eigenvalue weighted by Gasteiger charge is -2.13. The van der Waals surface area contributed by atoms with Gasteiger partial charge in [-0.25, -0.2) is 4.98 Å². The molecule has 76 valence electrons. The standard InChI is InChI=1S/C10H12F2N2/c1-9(11,12)7-3-2-4-8(14-7)10(13)5-6-10/h2-4H,5-6,13H2,1H3. The molecule has 1 aliphatic rings. The number of halogens is 2. The van der Waals surface area contributed by atoms with Crippen LogP contribution in [0.1, 0.15) is 31.2 Å². The molecule has 1 aliphatic carbocycles. The first-order valence-electron chi connectivity index (χ1n) is 4.56. The Balaban J connectivity index is 2.37. The fourth-order valence-electron chi connectivity index (χ4n) is 1.35. The van der Waals surface area contributed by atoms with E-state index in [1.165, 1.54) is 6.07 Å². The molecule has 4 heteroatoms. The van der Waals surface area contributed by atoms with Crippen molar-refractivity contribution in [2.75, 3.05) is 0 Å². The van der Waals surface area contributed by atoms with Crippen LogP contribution in [0.25, 0.3) is 0 Å². The number of rotatable bonds is 2. The molecule has 1 heterocycles. The zero-order valence-corrected chi connectivity index (χ0v) is 7.93. The SMILES string of the molecule is CC(F)(F)c1cccc(C2(N)CC2)n1. The number of nitrogens with two attached hydrogens (primary N) is 1. The van der Waals surface area contributed by atoms with E-state index in [4.69, 9.17) is 5.73 Å². The molecular weight excluding hydrogens is 186 g/mol. The van der Waals surface area contributed by atoms with Gasteiger partial charge in [-0.1, -0.05) is 6.07 Å². The van der Waals surface area contributed by atoms with E-state index in [1.54, 1.807) is 12.1 Å². The van der Waals surface area contributed by atoms with Crippen molar-refractivity contribution in [2.45, 2.75) is 31.2 Å². The third-order valence-electron chi connectivity index (χ3n) is 2.50. The fraction of sp³-hybridized carbons (Fsp3) is 0.500. The van der Waals surface area contributed by atoms with Gasteiger partial charge in [0.15, 0.2) is 0 Å². The van der Waals surface area contributed by atoms with Crippen molar-refractivity contribution in [3.63, 3.8) is 0 Å². The molecule has 0 atom stereocenters. The molecule has 2 nitrogen and oxygen atoms in total. The van der Waals surface area contributed by atoms with Crippen LogP contribution in [0.5, 0.6) is 0 Å². The van der Waals surface area contributed by atoms with Crippen LogP contribution in [0, 0.1) is 0 Å². The summed E-state index contributed by atoms with van der Waals surface area (Å²) in [6.07, 6.45) is 1.66. The predicted molar refractivity (Wildman–Crippen MR) is 48.9 cm³/mol. The second-order valence-electron chi connectivity index (χ2n) is 3.95. The molecule has 1 saturated carbocycles. The Hall–Kier alpha value is -1.03. The van der Waals surface area contributed by atoms with Gasteiger partial charge in [-0.2, -0.15) is 8.78 Å². The molecule has 1 aromatic rings. The van der Waals surface area contributed by atoms with E-state index < -0.39 is 11.5 Å². The molecule has 0 aromatic carbocycles. The number of pyridine rings is 1. The molecule has 2 N–H and O–H groups in total. The van der Waals surface area contributed by atoms with Crippen LogP contribution in [0.3, 0.4) is 0 Å². The maximum absolute atomic E-state index is 12.9. The number of nitrogens with zero attached hydrogens (tertiary/aromatic N) is 1. The Labute approximate surface area is 81.1 Å². The largest absolute Gasteiger partial charge is 0.320 e. The quantitative estimate of drug-likeness (QED) is 0.790. The van der Waals surface area contributed by atoms with Gasteiger partial charge in [0.1, 0.15) is 5.69 Å². The smallest absolute Gasteiger partial charge is 0.286 e. The van der Waals surface area contributed by atoms with E-state index in [9.17, 15) is 8.78 Å². The summed E-state index contributed by atoms with van der Waals surface area (Å²) in [4.78, 5) is 3.90. The van der Waals surface area contributed by atoms with E-state index in [2.05, 4.69) is 4.98 Å². The molecular formula is C10H12F2N2. The van der Waals surface area contributed by atoms with Crippen LogP contribution in [-0.2, 0) is 11.5 Å². The summed E-state index contributed by atoms with van der Waals surface area (Å²) in [5.74, 6) is -2.89. The summed E-state index contributed by atoms with van der Waals surface area (Å²) < 4.78 is 25.9. The minimum Gasteiger partial charge on any atom is -0.320 e. The lowest BCUT2D eigenvalue weighted by molar-refractivity contribution is 0.0125. The normalized spacial score (nSPS) is 19.4. The summed E-state index contributed by atoms with van der Waals surface area (Å²) >= 11 is 0. The van der Waals surface area contributed by atoms with Gasteiger partial charge in [0.25, 0.3) is 5.92 Å². The molecule has 0 spiro atoms. The monoisotopic (exact) mass is 198 g/mol. The van der Waals surface area contributed by atoms with Crippen molar-refractivity contribution in [1.82, 2.24) is 4.98 Å². The van der Waals surface area contributed by atoms with E-state index in [1.807, 2.05) is 0 Å². The zero-order valence-electron chi connectivity index (χ0n) is 7.93. The first kappa shape index (κ1) is 9.52. The van der Waals surface area contributed by atoms with E-state index >= 15 is 0 Å². The maximum atomic E-state index is 12.9. The number of hydrogen-bond donors (Lipinski definition) is 1. The van der Waals surface area contributed by atoms with Gasteiger partial charge in [-0.3, -0.25) is 0 Å². The van der Waals surface area contributed by atoms with Gasteiger partial charge in [0, 0.05) is 6.92 Å². The van der Waals surface area contributed by atoms with Gasteiger partial charge in [-0.15, -0.1) is 0 Å². The number of aromatic nitrogens is 1. The average molecular weight is 198 g/mol. The zero-order chi connectivity index (χ0) is 10.4. The van der Waals surface area contributed by atoms with Crippen LogP contribution in [-0.4, -0.2) is 4.98 Å². The van der Waals surface area contributed by atoms with Crippen LogP contribution >= 0.6 is 0 Å². The summed E-state index contributed by atoms with van der Waals surface area (Å²) in [5.41, 5.74) is 5.81. The van der Waals surface area contributed by atoms with Crippen LogP contribution in [0.15, 0.2) is 18.2 Å². The highest BCUT2D eigenvalue weighted by molar-refractivity contribution is 5.25. The first-order chi connectivity index (χ1) is 6.42. The predicted octanol–water partition coefficient (Wildman–Crippen LogP) is 2.14. The van der Waals surface area contributed by atoms with Gasteiger partial charge in [0.05, 0.1) is 11.2 Å². The Bertz CT molecular complexity index is 333. The highest BCUT2D eigenvalue weighted by atomic mass is 19.3. The van der Waals surface area contributed by atoms with Gasteiger partial charge < -0.3 is 5.73 Å². The van der Waals surface area contributed by atoms with Crippen molar-refractivity contribution in [3.8, 4) is 0 Å². The van der Waals surface area contributed by atoms with Crippen molar-refractivity contribution < 1.29 is 8.78 Å². The highest BCUT2D eigenvalue weighted by Crippen LogP contribution is 2.42. The second kappa shape index (κ2) is 2.73. The van der Waals surface area contributed by atoms with E-state index in [0.717, 1.165) is 19.8 Å². The van der Waals surface area contributed by atoms with Gasteiger partial charge >= 0.3 is 0 Å². The van der Waals surface area contributed by atoms with Gasteiger partial charge in [-0.05, 0) is 25.0 Å². The van der Waals surface area contributed by atoms with E-state index in [0.29, 0.717) is 5.69 Å². The van der Waals surface area contributed by atoms with Crippen molar-refractivity contribution in [1.29, 1.82) is 0 Å². The van der Waals surface area contributed by atoms with Crippen LogP contribution < -0.4 is 5.73 Å². The van der Waals surface area contributed by atoms with Crippen molar-refractivity contribution in [2.24, 2.45) is 5.73 Å². The summed E-state index contributed by atoms with van der Waals surface area (Å²) in [6.45, 7) is 0.842. The molecule has 2 rings (SSSR count). The first-order valence-corrected chi connectivity index (χ1v) is 4.56.